The molecule has 4 aromatic rings. The molecule has 0 radical (unpaired) electrons. The highest BCUT2D eigenvalue weighted by molar-refractivity contribution is 8.18. The van der Waals surface area contributed by atoms with Gasteiger partial charge in [-0.15, -0.1) is 0 Å². The van der Waals surface area contributed by atoms with Gasteiger partial charge < -0.3 is 4.74 Å². The third-order valence-corrected chi connectivity index (χ3v) is 6.95. The predicted octanol–water partition coefficient (Wildman–Crippen LogP) is 7.41. The Bertz CT molecular complexity index is 1420. The third kappa shape index (κ3) is 4.31. The summed E-state index contributed by atoms with van der Waals surface area (Å²) < 4.78 is 6.07. The number of thioether (sulfide) groups is 1. The molecule has 0 aliphatic carbocycles. The van der Waals surface area contributed by atoms with Crippen molar-refractivity contribution in [3.63, 3.8) is 0 Å². The first-order chi connectivity index (χ1) is 16.7. The number of benzene rings is 4. The van der Waals surface area contributed by atoms with Gasteiger partial charge in [-0.05, 0) is 57.4 Å². The lowest BCUT2D eigenvalue weighted by atomic mass is 10.0. The monoisotopic (exact) mass is 467 g/mol. The van der Waals surface area contributed by atoms with Crippen LogP contribution < -0.4 is 4.74 Å². The number of amides is 2. The summed E-state index contributed by atoms with van der Waals surface area (Å²) in [5.74, 6) is 0.461. The molecule has 1 saturated heterocycles. The first kappa shape index (κ1) is 22.2. The lowest BCUT2D eigenvalue weighted by molar-refractivity contribution is -0.123. The molecule has 5 rings (SSSR count). The van der Waals surface area contributed by atoms with E-state index < -0.39 is 0 Å². The Morgan fingerprint density at radius 1 is 0.853 bits per heavy atom. The number of rotatable bonds is 7. The molecule has 5 heteroatoms. The van der Waals surface area contributed by atoms with Crippen LogP contribution in [-0.4, -0.2) is 22.7 Å². The van der Waals surface area contributed by atoms with Crippen molar-refractivity contribution in [1.29, 1.82) is 0 Å². The number of carbonyl (C=O) groups is 2. The van der Waals surface area contributed by atoms with Crippen molar-refractivity contribution in [2.75, 3.05) is 6.61 Å². The first-order valence-corrected chi connectivity index (χ1v) is 12.3. The minimum atomic E-state index is -0.268. The van der Waals surface area contributed by atoms with Crippen molar-refractivity contribution < 1.29 is 14.3 Å². The van der Waals surface area contributed by atoms with E-state index in [2.05, 4.69) is 6.92 Å². The van der Waals surface area contributed by atoms with Gasteiger partial charge in [0.25, 0.3) is 11.1 Å². The number of hydrogen-bond donors (Lipinski definition) is 0. The van der Waals surface area contributed by atoms with Gasteiger partial charge in [-0.3, -0.25) is 14.5 Å². The van der Waals surface area contributed by atoms with E-state index in [0.717, 1.165) is 63.0 Å². The summed E-state index contributed by atoms with van der Waals surface area (Å²) in [5.41, 5.74) is 1.79. The van der Waals surface area contributed by atoms with E-state index in [9.17, 15) is 9.59 Å². The minimum absolute atomic E-state index is 0.249. The fourth-order valence-electron chi connectivity index (χ4n) is 4.24. The zero-order valence-corrected chi connectivity index (χ0v) is 19.8. The second-order valence-electron chi connectivity index (χ2n) is 8.31. The third-order valence-electron chi connectivity index (χ3n) is 6.04. The lowest BCUT2D eigenvalue weighted by Gasteiger charge is -2.15. The molecule has 0 bridgehead atoms. The number of carbonyl (C=O) groups excluding carboxylic acids is 2. The average molecular weight is 468 g/mol. The van der Waals surface area contributed by atoms with E-state index >= 15 is 0 Å². The molecule has 170 valence electrons. The molecule has 0 N–H and O–H groups in total. The van der Waals surface area contributed by atoms with E-state index in [-0.39, 0.29) is 17.7 Å². The fraction of sp³-hybridized carbons (Fsp3) is 0.172. The summed E-state index contributed by atoms with van der Waals surface area (Å²) in [4.78, 5) is 28.0. The first-order valence-electron chi connectivity index (χ1n) is 11.5. The molecule has 0 unspecified atom stereocenters. The van der Waals surface area contributed by atoms with Crippen molar-refractivity contribution in [3.8, 4) is 5.75 Å². The highest BCUT2D eigenvalue weighted by atomic mass is 32.2. The van der Waals surface area contributed by atoms with E-state index in [4.69, 9.17) is 4.74 Å². The van der Waals surface area contributed by atoms with Crippen LogP contribution in [0.2, 0.25) is 0 Å². The number of fused-ring (bicyclic) bond motifs is 2. The second kappa shape index (κ2) is 9.74. The lowest BCUT2D eigenvalue weighted by Crippen LogP contribution is -2.27. The molecular formula is C29H25NO3S. The van der Waals surface area contributed by atoms with Gasteiger partial charge in [0.15, 0.2) is 0 Å². The van der Waals surface area contributed by atoms with E-state index in [0.29, 0.717) is 11.5 Å². The van der Waals surface area contributed by atoms with Gasteiger partial charge >= 0.3 is 0 Å². The zero-order chi connectivity index (χ0) is 23.5. The number of imide groups is 1. The van der Waals surface area contributed by atoms with Crippen molar-refractivity contribution >= 4 is 50.5 Å². The van der Waals surface area contributed by atoms with Gasteiger partial charge in [-0.25, -0.2) is 0 Å². The normalized spacial score (nSPS) is 15.1. The summed E-state index contributed by atoms with van der Waals surface area (Å²) in [6.07, 6.45) is 3.81. The largest absolute Gasteiger partial charge is 0.493 e. The number of unbranched alkanes of at least 4 members (excludes halogenated alkanes) is 1. The van der Waals surface area contributed by atoms with Gasteiger partial charge in [0, 0.05) is 5.56 Å². The Hall–Kier alpha value is -3.57. The molecular weight excluding hydrogens is 442 g/mol. The quantitative estimate of drug-likeness (QED) is 0.210. The smallest absolute Gasteiger partial charge is 0.293 e. The molecule has 4 nitrogen and oxygen atoms in total. The number of hydrogen-bond acceptors (Lipinski definition) is 4. The number of nitrogens with zero attached hydrogens (tertiary/aromatic N) is 1. The van der Waals surface area contributed by atoms with E-state index in [1.54, 1.807) is 0 Å². The predicted molar refractivity (Wildman–Crippen MR) is 140 cm³/mol. The molecule has 1 aliphatic rings. The van der Waals surface area contributed by atoms with Gasteiger partial charge in [-0.1, -0.05) is 86.1 Å². The van der Waals surface area contributed by atoms with Crippen molar-refractivity contribution in [3.05, 3.63) is 94.9 Å². The van der Waals surface area contributed by atoms with Gasteiger partial charge in [0.05, 0.1) is 18.1 Å². The van der Waals surface area contributed by atoms with Crippen LogP contribution in [0.25, 0.3) is 27.6 Å². The zero-order valence-electron chi connectivity index (χ0n) is 19.0. The van der Waals surface area contributed by atoms with Crippen LogP contribution in [0, 0.1) is 0 Å². The van der Waals surface area contributed by atoms with Crippen LogP contribution in [0.5, 0.6) is 5.75 Å². The molecule has 4 aromatic carbocycles. The van der Waals surface area contributed by atoms with Crippen molar-refractivity contribution in [2.24, 2.45) is 0 Å². The summed E-state index contributed by atoms with van der Waals surface area (Å²) in [7, 11) is 0. The topological polar surface area (TPSA) is 46.6 Å². The Balaban J connectivity index is 1.50. The van der Waals surface area contributed by atoms with Crippen LogP contribution >= 0.6 is 11.8 Å². The number of ether oxygens (including phenoxy) is 1. The molecule has 1 heterocycles. The van der Waals surface area contributed by atoms with Crippen LogP contribution in [0.1, 0.15) is 30.9 Å². The molecule has 1 fully saturated rings. The van der Waals surface area contributed by atoms with Gasteiger partial charge in [0.1, 0.15) is 5.75 Å². The molecule has 0 aromatic heterocycles. The standard InChI is InChI=1S/C29H25NO3S/c1-2-3-17-33-26-16-15-21-10-5-7-14-24(21)25(26)18-27-28(31)30(29(32)34-27)19-22-12-8-11-20-9-4-6-13-23(20)22/h4-16,18H,2-3,17,19H2,1H3/b27-18-. The average Bonchev–Trinajstić information content (AvgIpc) is 3.13. The molecule has 34 heavy (non-hydrogen) atoms. The Morgan fingerprint density at radius 3 is 2.35 bits per heavy atom. The molecule has 0 spiro atoms. The SMILES string of the molecule is CCCCOc1ccc2ccccc2c1/C=C1\SC(=O)N(Cc2cccc3ccccc23)C1=O. The molecule has 0 atom stereocenters. The summed E-state index contributed by atoms with van der Waals surface area (Å²) in [5, 5.41) is 3.95. The maximum atomic E-state index is 13.3. The van der Waals surface area contributed by atoms with Crippen LogP contribution in [0.15, 0.2) is 83.8 Å². The fourth-order valence-corrected chi connectivity index (χ4v) is 5.06. The maximum absolute atomic E-state index is 13.3. The Morgan fingerprint density at radius 2 is 1.56 bits per heavy atom. The van der Waals surface area contributed by atoms with E-state index in [1.807, 2.05) is 84.9 Å². The van der Waals surface area contributed by atoms with Crippen LogP contribution in [0.3, 0.4) is 0 Å². The molecule has 0 saturated carbocycles. The van der Waals surface area contributed by atoms with Gasteiger partial charge in [0.2, 0.25) is 0 Å². The maximum Gasteiger partial charge on any atom is 0.293 e. The molecule has 2 amide bonds. The second-order valence-corrected chi connectivity index (χ2v) is 9.30. The summed E-state index contributed by atoms with van der Waals surface area (Å²) in [6.45, 7) is 2.98. The minimum Gasteiger partial charge on any atom is -0.493 e. The van der Waals surface area contributed by atoms with Crippen molar-refractivity contribution in [2.45, 2.75) is 26.3 Å². The highest BCUT2D eigenvalue weighted by Gasteiger charge is 2.35. The van der Waals surface area contributed by atoms with Crippen LogP contribution in [0.4, 0.5) is 4.79 Å². The Labute approximate surface area is 203 Å². The van der Waals surface area contributed by atoms with Crippen LogP contribution in [-0.2, 0) is 11.3 Å². The highest BCUT2D eigenvalue weighted by Crippen LogP contribution is 2.38. The summed E-state index contributed by atoms with van der Waals surface area (Å²) in [6, 6.07) is 26.0. The molecule has 1 aliphatic heterocycles. The Kier molecular flexibility index (Phi) is 6.37. The summed E-state index contributed by atoms with van der Waals surface area (Å²) >= 11 is 0.990. The van der Waals surface area contributed by atoms with Gasteiger partial charge in [-0.2, -0.15) is 0 Å². The van der Waals surface area contributed by atoms with Crippen molar-refractivity contribution in [1.82, 2.24) is 4.90 Å². The van der Waals surface area contributed by atoms with E-state index in [1.165, 1.54) is 4.90 Å².